The minimum Gasteiger partial charge on any atom is -0.461 e. The summed E-state index contributed by atoms with van der Waals surface area (Å²) in [6.45, 7) is 2.60. The van der Waals surface area contributed by atoms with Gasteiger partial charge in [-0.3, -0.25) is 4.79 Å². The van der Waals surface area contributed by atoms with E-state index < -0.39 is 11.6 Å². The second-order valence-corrected chi connectivity index (χ2v) is 7.65. The van der Waals surface area contributed by atoms with Crippen LogP contribution in [0, 0.1) is 11.8 Å². The number of benzene rings is 2. The first-order valence-electron chi connectivity index (χ1n) is 10.5. The lowest BCUT2D eigenvalue weighted by Gasteiger charge is -2.32. The number of amides is 1. The number of para-hydroxylation sites is 1. The van der Waals surface area contributed by atoms with Crippen LogP contribution in [0.25, 0.3) is 22.3 Å². The molecule has 32 heavy (non-hydrogen) atoms. The van der Waals surface area contributed by atoms with Crippen molar-refractivity contribution >= 4 is 22.8 Å². The molecule has 1 saturated heterocycles. The van der Waals surface area contributed by atoms with Crippen molar-refractivity contribution in [3.05, 3.63) is 59.8 Å². The molecule has 7 nitrogen and oxygen atoms in total. The predicted molar refractivity (Wildman–Crippen MR) is 120 cm³/mol. The van der Waals surface area contributed by atoms with Crippen LogP contribution in [0.2, 0.25) is 0 Å². The van der Waals surface area contributed by atoms with Gasteiger partial charge in [0, 0.05) is 30.1 Å². The smallest absolute Gasteiger partial charge is 0.357 e. The maximum Gasteiger partial charge on any atom is 0.357 e. The quantitative estimate of drug-likeness (QED) is 0.508. The minimum absolute atomic E-state index is 0.203. The van der Waals surface area contributed by atoms with Crippen molar-refractivity contribution in [2.24, 2.45) is 0 Å². The summed E-state index contributed by atoms with van der Waals surface area (Å²) in [4.78, 5) is 35.4. The van der Waals surface area contributed by atoms with Crippen LogP contribution in [-0.2, 0) is 9.53 Å². The van der Waals surface area contributed by atoms with Gasteiger partial charge in [-0.25, -0.2) is 14.8 Å². The zero-order chi connectivity index (χ0) is 22.7. The normalized spacial score (nSPS) is 18.2. The molecule has 0 radical (unpaired) electrons. The van der Waals surface area contributed by atoms with Crippen LogP contribution in [0.1, 0.15) is 35.8 Å². The number of nitrogens with zero attached hydrogens (tertiary/aromatic N) is 3. The van der Waals surface area contributed by atoms with E-state index in [1.54, 1.807) is 38.2 Å². The molecule has 3 aromatic rings. The van der Waals surface area contributed by atoms with Crippen LogP contribution < -0.4 is 0 Å². The van der Waals surface area contributed by atoms with Gasteiger partial charge in [0.15, 0.2) is 11.5 Å². The Balaban J connectivity index is 1.73. The average molecular weight is 429 g/mol. The Morgan fingerprint density at radius 1 is 1.22 bits per heavy atom. The zero-order valence-electron chi connectivity index (χ0n) is 18.0. The summed E-state index contributed by atoms with van der Waals surface area (Å²) in [5, 5.41) is 11.3. The van der Waals surface area contributed by atoms with Crippen molar-refractivity contribution in [1.29, 1.82) is 0 Å². The van der Waals surface area contributed by atoms with E-state index in [2.05, 4.69) is 21.8 Å². The summed E-state index contributed by atoms with van der Waals surface area (Å²) >= 11 is 0. The molecular weight excluding hydrogens is 406 g/mol. The van der Waals surface area contributed by atoms with Crippen LogP contribution in [0.15, 0.2) is 48.5 Å². The number of hydrogen-bond acceptors (Lipinski definition) is 6. The highest BCUT2D eigenvalue weighted by Crippen LogP contribution is 2.24. The number of aliphatic hydroxyl groups is 1. The van der Waals surface area contributed by atoms with E-state index in [1.807, 2.05) is 24.3 Å². The van der Waals surface area contributed by atoms with E-state index in [9.17, 15) is 14.7 Å². The van der Waals surface area contributed by atoms with E-state index in [4.69, 9.17) is 4.74 Å². The lowest BCUT2D eigenvalue weighted by Crippen LogP contribution is -2.51. The molecule has 162 valence electrons. The van der Waals surface area contributed by atoms with Crippen LogP contribution in [0.5, 0.6) is 0 Å². The third-order valence-corrected chi connectivity index (χ3v) is 5.34. The first-order valence-corrected chi connectivity index (χ1v) is 10.5. The lowest BCUT2D eigenvalue weighted by atomic mass is 9.92. The number of likely N-dealkylation sites (N-methyl/N-ethyl adjacent to an activating group) is 1. The first kappa shape index (κ1) is 21.5. The van der Waals surface area contributed by atoms with E-state index in [0.29, 0.717) is 47.2 Å². The second-order valence-electron chi connectivity index (χ2n) is 7.65. The highest BCUT2D eigenvalue weighted by molar-refractivity contribution is 6.02. The second kappa shape index (κ2) is 8.77. The van der Waals surface area contributed by atoms with Crippen LogP contribution in [0.3, 0.4) is 0 Å². The van der Waals surface area contributed by atoms with E-state index in [0.717, 1.165) is 0 Å². The highest BCUT2D eigenvalue weighted by Gasteiger charge is 2.39. The number of carbonyl (C=O) groups is 2. The molecule has 2 heterocycles. The van der Waals surface area contributed by atoms with Gasteiger partial charge in [0.1, 0.15) is 0 Å². The number of likely N-dealkylation sites (tertiary alicyclic amines) is 1. The Bertz CT molecular complexity index is 1260. The molecule has 0 bridgehead atoms. The summed E-state index contributed by atoms with van der Waals surface area (Å²) < 4.78 is 5.17. The van der Waals surface area contributed by atoms with Gasteiger partial charge in [-0.05, 0) is 38.0 Å². The van der Waals surface area contributed by atoms with Crippen molar-refractivity contribution in [2.45, 2.75) is 25.4 Å². The molecule has 1 fully saturated rings. The van der Waals surface area contributed by atoms with Crippen molar-refractivity contribution in [3.8, 4) is 23.2 Å². The van der Waals surface area contributed by atoms with Crippen molar-refractivity contribution in [1.82, 2.24) is 14.9 Å². The number of fused-ring (bicyclic) bond motifs is 1. The molecule has 1 atom stereocenters. The average Bonchev–Trinajstić information content (AvgIpc) is 2.81. The first-order chi connectivity index (χ1) is 15.4. The predicted octanol–water partition coefficient (Wildman–Crippen LogP) is 2.81. The van der Waals surface area contributed by atoms with Crippen molar-refractivity contribution < 1.29 is 19.4 Å². The number of rotatable bonds is 3. The standard InChI is InChI=1S/C25H23N3O4/c1-3-32-23(29)21-19-10-4-5-11-20(19)26-22(27-21)18-9-6-8-17(16-18)12-14-25(31)13-7-15-28(2)24(25)30/h4-6,8-11,16,31H,3,7,13,15H2,1-2H3/t25-/m1/s1. The molecule has 1 aliphatic heterocycles. The van der Waals surface area contributed by atoms with Gasteiger partial charge in [-0.1, -0.05) is 42.2 Å². The van der Waals surface area contributed by atoms with Gasteiger partial charge in [0.25, 0.3) is 5.91 Å². The fourth-order valence-electron chi connectivity index (χ4n) is 3.68. The van der Waals surface area contributed by atoms with E-state index >= 15 is 0 Å². The van der Waals surface area contributed by atoms with Crippen molar-refractivity contribution in [3.63, 3.8) is 0 Å². The number of piperidine rings is 1. The summed E-state index contributed by atoms with van der Waals surface area (Å²) in [6.07, 6.45) is 0.995. The van der Waals surface area contributed by atoms with Gasteiger partial charge in [-0.15, -0.1) is 0 Å². The Morgan fingerprint density at radius 2 is 2.03 bits per heavy atom. The molecule has 2 aromatic carbocycles. The molecule has 1 amide bonds. The lowest BCUT2D eigenvalue weighted by molar-refractivity contribution is -0.148. The number of ether oxygens (including phenoxy) is 1. The molecule has 1 N–H and O–H groups in total. The fraction of sp³-hybridized carbons (Fsp3) is 0.280. The molecule has 0 unspecified atom stereocenters. The van der Waals surface area contributed by atoms with Gasteiger partial charge in [0.2, 0.25) is 5.60 Å². The third-order valence-electron chi connectivity index (χ3n) is 5.34. The van der Waals surface area contributed by atoms with Gasteiger partial charge in [0.05, 0.1) is 12.1 Å². The Morgan fingerprint density at radius 3 is 2.84 bits per heavy atom. The van der Waals surface area contributed by atoms with E-state index in [-0.39, 0.29) is 18.2 Å². The zero-order valence-corrected chi connectivity index (χ0v) is 18.0. The molecule has 4 rings (SSSR count). The largest absolute Gasteiger partial charge is 0.461 e. The molecular formula is C25H23N3O4. The van der Waals surface area contributed by atoms with Crippen LogP contribution in [0.4, 0.5) is 0 Å². The van der Waals surface area contributed by atoms with Crippen LogP contribution in [-0.4, -0.2) is 57.7 Å². The number of aromatic nitrogens is 2. The van der Waals surface area contributed by atoms with Gasteiger partial charge in [-0.2, -0.15) is 0 Å². The SMILES string of the molecule is CCOC(=O)c1nc(-c2cccc(C#C[C@]3(O)CCCN(C)C3=O)c2)nc2ccccc12. The molecule has 1 aromatic heterocycles. The number of carbonyl (C=O) groups excluding carboxylic acids is 2. The summed E-state index contributed by atoms with van der Waals surface area (Å²) in [7, 11) is 1.66. The topological polar surface area (TPSA) is 92.6 Å². The monoisotopic (exact) mass is 429 g/mol. The maximum atomic E-state index is 12.5. The third kappa shape index (κ3) is 4.18. The molecule has 0 spiro atoms. The number of hydrogen-bond donors (Lipinski definition) is 1. The molecule has 0 aliphatic carbocycles. The maximum absolute atomic E-state index is 12.5. The van der Waals surface area contributed by atoms with E-state index in [1.165, 1.54) is 4.90 Å². The Hall–Kier alpha value is -3.76. The van der Waals surface area contributed by atoms with Crippen LogP contribution >= 0.6 is 0 Å². The molecule has 0 saturated carbocycles. The van der Waals surface area contributed by atoms with Gasteiger partial charge < -0.3 is 14.7 Å². The summed E-state index contributed by atoms with van der Waals surface area (Å²) in [6, 6.07) is 14.4. The molecule has 1 aliphatic rings. The Kier molecular flexibility index (Phi) is 5.89. The minimum atomic E-state index is -1.68. The number of esters is 1. The fourth-order valence-corrected chi connectivity index (χ4v) is 3.68. The summed E-state index contributed by atoms with van der Waals surface area (Å²) in [5.41, 5.74) is 0.411. The Labute approximate surface area is 186 Å². The molecule has 7 heteroatoms. The van der Waals surface area contributed by atoms with Gasteiger partial charge >= 0.3 is 5.97 Å². The van der Waals surface area contributed by atoms with Crippen molar-refractivity contribution in [2.75, 3.05) is 20.2 Å². The highest BCUT2D eigenvalue weighted by atomic mass is 16.5. The summed E-state index contributed by atoms with van der Waals surface area (Å²) in [5.74, 6) is 5.13.